The summed E-state index contributed by atoms with van der Waals surface area (Å²) in [6.07, 6.45) is 1.90. The first-order valence-corrected chi connectivity index (χ1v) is 5.60. The van der Waals surface area contributed by atoms with Gasteiger partial charge in [-0.2, -0.15) is 0 Å². The van der Waals surface area contributed by atoms with Gasteiger partial charge in [-0.3, -0.25) is 0 Å². The fourth-order valence-electron chi connectivity index (χ4n) is 1.38. The lowest BCUT2D eigenvalue weighted by atomic mass is 10.1. The molecule has 0 amide bonds. The third-order valence-electron chi connectivity index (χ3n) is 2.12. The third-order valence-corrected chi connectivity index (χ3v) is 2.12. The predicted molar refractivity (Wildman–Crippen MR) is 62.2 cm³/mol. The molecule has 0 aliphatic heterocycles. The highest BCUT2D eigenvalue weighted by Gasteiger charge is 2.00. The topological polar surface area (TPSA) is 35.5 Å². The van der Waals surface area contributed by atoms with Crippen molar-refractivity contribution in [3.05, 3.63) is 35.9 Å². The molecule has 0 fully saturated rings. The highest BCUT2D eigenvalue weighted by atomic mass is 16.6. The number of ether oxygens (including phenoxy) is 2. The van der Waals surface area contributed by atoms with Crippen LogP contribution in [0.1, 0.15) is 18.9 Å². The zero-order valence-electron chi connectivity index (χ0n) is 9.65. The Labute approximate surface area is 96.4 Å². The molecule has 0 N–H and O–H groups in total. The Kier molecular flexibility index (Phi) is 6.26. The van der Waals surface area contributed by atoms with Gasteiger partial charge in [-0.25, -0.2) is 4.79 Å². The Morgan fingerprint density at radius 2 is 2.00 bits per heavy atom. The number of aryl methyl sites for hydroxylation is 1. The van der Waals surface area contributed by atoms with Crippen LogP contribution < -0.4 is 0 Å². The van der Waals surface area contributed by atoms with Crippen LogP contribution in [0, 0.1) is 0 Å². The summed E-state index contributed by atoms with van der Waals surface area (Å²) in [4.78, 5) is 10.9. The molecule has 0 atom stereocenters. The van der Waals surface area contributed by atoms with Crippen molar-refractivity contribution in [2.45, 2.75) is 19.8 Å². The van der Waals surface area contributed by atoms with Gasteiger partial charge >= 0.3 is 5.97 Å². The van der Waals surface area contributed by atoms with Gasteiger partial charge in [0.05, 0.1) is 6.61 Å². The number of carbonyl (C=O) groups excluding carboxylic acids is 1. The van der Waals surface area contributed by atoms with E-state index in [1.807, 2.05) is 18.2 Å². The quantitative estimate of drug-likeness (QED) is 0.524. The van der Waals surface area contributed by atoms with Gasteiger partial charge in [0, 0.05) is 6.61 Å². The molecule has 0 spiro atoms. The van der Waals surface area contributed by atoms with Crippen molar-refractivity contribution in [2.24, 2.45) is 0 Å². The van der Waals surface area contributed by atoms with Crippen LogP contribution in [0.4, 0.5) is 0 Å². The second kappa shape index (κ2) is 7.88. The monoisotopic (exact) mass is 222 g/mol. The summed E-state index contributed by atoms with van der Waals surface area (Å²) in [6.45, 7) is 2.84. The van der Waals surface area contributed by atoms with E-state index in [2.05, 4.69) is 12.1 Å². The van der Waals surface area contributed by atoms with Crippen LogP contribution in [0.15, 0.2) is 30.3 Å². The lowest BCUT2D eigenvalue weighted by Gasteiger charge is -2.04. The van der Waals surface area contributed by atoms with Crippen molar-refractivity contribution in [1.82, 2.24) is 0 Å². The maximum absolute atomic E-state index is 10.9. The zero-order valence-corrected chi connectivity index (χ0v) is 9.65. The number of rotatable bonds is 7. The first-order valence-electron chi connectivity index (χ1n) is 5.60. The van der Waals surface area contributed by atoms with Crippen LogP contribution in [-0.2, 0) is 20.7 Å². The summed E-state index contributed by atoms with van der Waals surface area (Å²) in [5.74, 6) is -0.290. The van der Waals surface area contributed by atoms with Crippen LogP contribution in [0.5, 0.6) is 0 Å². The molecule has 3 heteroatoms. The van der Waals surface area contributed by atoms with Gasteiger partial charge in [-0.05, 0) is 25.3 Å². The summed E-state index contributed by atoms with van der Waals surface area (Å²) in [5, 5.41) is 0. The molecule has 1 rings (SSSR count). The van der Waals surface area contributed by atoms with E-state index >= 15 is 0 Å². The molecule has 88 valence electrons. The molecular weight excluding hydrogens is 204 g/mol. The summed E-state index contributed by atoms with van der Waals surface area (Å²) < 4.78 is 9.94. The minimum atomic E-state index is -0.290. The molecule has 1 aromatic carbocycles. The smallest absolute Gasteiger partial charge is 0.332 e. The standard InChI is InChI=1S/C13H18O3/c1-2-16-13(14)11-15-10-6-9-12-7-4-3-5-8-12/h3-5,7-8H,2,6,9-11H2,1H3. The minimum absolute atomic E-state index is 0.0582. The molecule has 0 saturated heterocycles. The molecule has 3 nitrogen and oxygen atoms in total. The predicted octanol–water partition coefficient (Wildman–Crippen LogP) is 2.20. The largest absolute Gasteiger partial charge is 0.464 e. The van der Waals surface area contributed by atoms with Gasteiger partial charge in [-0.15, -0.1) is 0 Å². The van der Waals surface area contributed by atoms with E-state index in [1.165, 1.54) is 5.56 Å². The SMILES string of the molecule is CCOC(=O)COCCCc1ccccc1. The average Bonchev–Trinajstić information content (AvgIpc) is 2.30. The van der Waals surface area contributed by atoms with Crippen LogP contribution >= 0.6 is 0 Å². The van der Waals surface area contributed by atoms with Crippen molar-refractivity contribution in [3.63, 3.8) is 0 Å². The van der Waals surface area contributed by atoms with E-state index in [-0.39, 0.29) is 12.6 Å². The van der Waals surface area contributed by atoms with Gasteiger partial charge in [0.25, 0.3) is 0 Å². The average molecular weight is 222 g/mol. The Hall–Kier alpha value is -1.35. The van der Waals surface area contributed by atoms with Gasteiger partial charge in [0.1, 0.15) is 6.61 Å². The molecule has 0 aliphatic rings. The molecule has 1 aromatic rings. The van der Waals surface area contributed by atoms with E-state index in [9.17, 15) is 4.79 Å². The Balaban J connectivity index is 2.02. The van der Waals surface area contributed by atoms with Crippen molar-refractivity contribution in [1.29, 1.82) is 0 Å². The first-order chi connectivity index (χ1) is 7.83. The number of esters is 1. The van der Waals surface area contributed by atoms with Crippen molar-refractivity contribution < 1.29 is 14.3 Å². The second-order valence-corrected chi connectivity index (χ2v) is 3.45. The molecule has 0 saturated carbocycles. The molecule has 0 heterocycles. The van der Waals surface area contributed by atoms with Crippen molar-refractivity contribution >= 4 is 5.97 Å². The summed E-state index contributed by atoms with van der Waals surface area (Å²) in [5.41, 5.74) is 1.29. The number of carbonyl (C=O) groups is 1. The number of benzene rings is 1. The van der Waals surface area contributed by atoms with Crippen molar-refractivity contribution in [2.75, 3.05) is 19.8 Å². The lowest BCUT2D eigenvalue weighted by molar-refractivity contribution is -0.148. The van der Waals surface area contributed by atoms with Crippen molar-refractivity contribution in [3.8, 4) is 0 Å². The molecule has 0 aromatic heterocycles. The molecule has 0 radical (unpaired) electrons. The number of hydrogen-bond acceptors (Lipinski definition) is 3. The number of hydrogen-bond donors (Lipinski definition) is 0. The third kappa shape index (κ3) is 5.51. The molecular formula is C13H18O3. The van der Waals surface area contributed by atoms with Crippen LogP contribution in [0.25, 0.3) is 0 Å². The summed E-state index contributed by atoms with van der Waals surface area (Å²) >= 11 is 0. The van der Waals surface area contributed by atoms with E-state index in [0.29, 0.717) is 13.2 Å². The van der Waals surface area contributed by atoms with E-state index in [1.54, 1.807) is 6.92 Å². The Morgan fingerprint density at radius 3 is 2.69 bits per heavy atom. The van der Waals surface area contributed by atoms with Crippen LogP contribution in [-0.4, -0.2) is 25.8 Å². The normalized spacial score (nSPS) is 10.1. The summed E-state index contributed by atoms with van der Waals surface area (Å²) in [6, 6.07) is 10.2. The minimum Gasteiger partial charge on any atom is -0.464 e. The van der Waals surface area contributed by atoms with E-state index in [0.717, 1.165) is 12.8 Å². The van der Waals surface area contributed by atoms with E-state index in [4.69, 9.17) is 9.47 Å². The summed E-state index contributed by atoms with van der Waals surface area (Å²) in [7, 11) is 0. The van der Waals surface area contributed by atoms with Crippen LogP contribution in [0.2, 0.25) is 0 Å². The highest BCUT2D eigenvalue weighted by Crippen LogP contribution is 2.02. The lowest BCUT2D eigenvalue weighted by Crippen LogP contribution is -2.13. The molecule has 16 heavy (non-hydrogen) atoms. The molecule has 0 aliphatic carbocycles. The maximum Gasteiger partial charge on any atom is 0.332 e. The van der Waals surface area contributed by atoms with Gasteiger partial charge in [0.15, 0.2) is 0 Å². The second-order valence-electron chi connectivity index (χ2n) is 3.45. The highest BCUT2D eigenvalue weighted by molar-refractivity contribution is 5.70. The van der Waals surface area contributed by atoms with Gasteiger partial charge in [0.2, 0.25) is 0 Å². The first kappa shape index (κ1) is 12.7. The maximum atomic E-state index is 10.9. The van der Waals surface area contributed by atoms with E-state index < -0.39 is 0 Å². The molecule has 0 unspecified atom stereocenters. The van der Waals surface area contributed by atoms with Crippen LogP contribution in [0.3, 0.4) is 0 Å². The fourth-order valence-corrected chi connectivity index (χ4v) is 1.38. The Morgan fingerprint density at radius 1 is 1.25 bits per heavy atom. The Bertz CT molecular complexity index is 295. The molecule has 0 bridgehead atoms. The van der Waals surface area contributed by atoms with Gasteiger partial charge in [-0.1, -0.05) is 30.3 Å². The zero-order chi connectivity index (χ0) is 11.6. The fraction of sp³-hybridized carbons (Fsp3) is 0.462. The van der Waals surface area contributed by atoms with Gasteiger partial charge < -0.3 is 9.47 Å².